The molecule has 0 bridgehead atoms. The van der Waals surface area contributed by atoms with Crippen LogP contribution in [0.1, 0.15) is 30.2 Å². The van der Waals surface area contributed by atoms with E-state index in [1.807, 2.05) is 45.3 Å². The summed E-state index contributed by atoms with van der Waals surface area (Å²) in [5.74, 6) is 0. The molecule has 0 fully saturated rings. The molecular weight excluding hydrogens is 420 g/mol. The second kappa shape index (κ2) is 9.38. The molecule has 1 aromatic carbocycles. The van der Waals surface area contributed by atoms with Crippen molar-refractivity contribution in [2.45, 2.75) is 45.2 Å². The number of rotatable bonds is 9. The highest BCUT2D eigenvalue weighted by molar-refractivity contribution is 7.89. The number of hydrogen-bond acceptors (Lipinski definition) is 7. The molecule has 0 saturated carbocycles. The lowest BCUT2D eigenvalue weighted by Gasteiger charge is -2.22. The second-order valence-corrected chi connectivity index (χ2v) is 10.1. The summed E-state index contributed by atoms with van der Waals surface area (Å²) < 4.78 is 34.2. The molecule has 0 saturated heterocycles. The Morgan fingerprint density at radius 1 is 1.27 bits per heavy atom. The van der Waals surface area contributed by atoms with E-state index < -0.39 is 10.0 Å². The fraction of sp³-hybridized carbons (Fsp3) is 0.429. The van der Waals surface area contributed by atoms with Gasteiger partial charge in [-0.2, -0.15) is 0 Å². The van der Waals surface area contributed by atoms with Crippen LogP contribution in [0.25, 0.3) is 10.9 Å². The normalized spacial score (nSPS) is 13.0. The Morgan fingerprint density at radius 2 is 2.03 bits per heavy atom. The van der Waals surface area contributed by atoms with Crippen molar-refractivity contribution in [1.82, 2.24) is 14.7 Å². The van der Waals surface area contributed by atoms with Crippen molar-refractivity contribution in [1.29, 1.82) is 0 Å². The molecule has 2 aromatic heterocycles. The van der Waals surface area contributed by atoms with Crippen molar-refractivity contribution in [3.63, 3.8) is 0 Å². The van der Waals surface area contributed by atoms with Gasteiger partial charge in [0.1, 0.15) is 4.90 Å². The van der Waals surface area contributed by atoms with Crippen LogP contribution >= 0.6 is 11.3 Å². The highest BCUT2D eigenvalue weighted by Gasteiger charge is 2.22. The highest BCUT2D eigenvalue weighted by atomic mass is 32.2. The average Bonchev–Trinajstić information content (AvgIpc) is 3.09. The average molecular weight is 449 g/mol. The summed E-state index contributed by atoms with van der Waals surface area (Å²) in [6.45, 7) is 9.00. The van der Waals surface area contributed by atoms with Gasteiger partial charge in [-0.1, -0.05) is 12.1 Å². The Bertz CT molecular complexity index is 1130. The number of thiazole rings is 1. The minimum absolute atomic E-state index is 0.172. The van der Waals surface area contributed by atoms with E-state index in [0.29, 0.717) is 25.3 Å². The zero-order chi connectivity index (χ0) is 21.9. The lowest BCUT2D eigenvalue weighted by atomic mass is 10.1. The Kier molecular flexibility index (Phi) is 7.07. The van der Waals surface area contributed by atoms with Gasteiger partial charge >= 0.3 is 0 Å². The maximum absolute atomic E-state index is 13.1. The van der Waals surface area contributed by atoms with E-state index >= 15 is 0 Å². The van der Waals surface area contributed by atoms with E-state index in [1.54, 1.807) is 30.4 Å². The summed E-state index contributed by atoms with van der Waals surface area (Å²) in [7, 11) is -1.77. The van der Waals surface area contributed by atoms with Crippen LogP contribution < -0.4 is 9.62 Å². The van der Waals surface area contributed by atoms with Gasteiger partial charge in [-0.05, 0) is 39.8 Å². The second-order valence-electron chi connectivity index (χ2n) is 7.33. The predicted molar refractivity (Wildman–Crippen MR) is 122 cm³/mol. The van der Waals surface area contributed by atoms with Crippen LogP contribution in [0.4, 0.5) is 5.69 Å². The number of pyridine rings is 1. The quantitative estimate of drug-likeness (QED) is 0.538. The highest BCUT2D eigenvalue weighted by Crippen LogP contribution is 2.31. The zero-order valence-electron chi connectivity index (χ0n) is 18.0. The third-order valence-electron chi connectivity index (χ3n) is 4.60. The van der Waals surface area contributed by atoms with E-state index in [9.17, 15) is 8.42 Å². The molecule has 2 heterocycles. The van der Waals surface area contributed by atoms with Crippen LogP contribution in [0, 0.1) is 13.8 Å². The van der Waals surface area contributed by atoms with E-state index in [1.165, 1.54) is 0 Å². The molecule has 7 nitrogen and oxygen atoms in total. The summed E-state index contributed by atoms with van der Waals surface area (Å²) in [5, 5.41) is 3.85. The number of para-hydroxylation sites is 1. The van der Waals surface area contributed by atoms with Gasteiger partial charge in [-0.25, -0.2) is 18.1 Å². The van der Waals surface area contributed by atoms with Gasteiger partial charge in [0.25, 0.3) is 0 Å². The largest absolute Gasteiger partial charge is 0.380 e. The van der Waals surface area contributed by atoms with Crippen molar-refractivity contribution in [3.8, 4) is 0 Å². The molecule has 3 rings (SSSR count). The summed E-state index contributed by atoms with van der Waals surface area (Å²) >= 11 is 1.62. The van der Waals surface area contributed by atoms with Crippen molar-refractivity contribution in [3.05, 3.63) is 46.0 Å². The first-order chi connectivity index (χ1) is 14.2. The molecule has 30 heavy (non-hydrogen) atoms. The fourth-order valence-electron chi connectivity index (χ4n) is 3.33. The smallest absolute Gasteiger partial charge is 0.243 e. The van der Waals surface area contributed by atoms with Crippen LogP contribution in [-0.2, 0) is 21.3 Å². The van der Waals surface area contributed by atoms with E-state index in [4.69, 9.17) is 4.74 Å². The number of aryl methyl sites for hydroxylation is 2. The van der Waals surface area contributed by atoms with Crippen LogP contribution in [0.15, 0.2) is 34.5 Å². The maximum atomic E-state index is 13.1. The molecule has 0 radical (unpaired) electrons. The van der Waals surface area contributed by atoms with Crippen LogP contribution in [0.5, 0.6) is 0 Å². The molecule has 0 aliphatic heterocycles. The van der Waals surface area contributed by atoms with Crippen molar-refractivity contribution < 1.29 is 13.2 Å². The topological polar surface area (TPSA) is 84.4 Å². The van der Waals surface area contributed by atoms with Gasteiger partial charge in [-0.15, -0.1) is 11.3 Å². The molecule has 0 unspecified atom stereocenters. The predicted octanol–water partition coefficient (Wildman–Crippen LogP) is 3.65. The van der Waals surface area contributed by atoms with Gasteiger partial charge in [0, 0.05) is 41.8 Å². The third-order valence-corrected chi connectivity index (χ3v) is 7.05. The molecule has 0 aliphatic rings. The molecule has 9 heteroatoms. The number of nitrogens with zero attached hydrogens (tertiary/aromatic N) is 3. The first-order valence-electron chi connectivity index (χ1n) is 9.84. The number of nitrogens with one attached hydrogen (secondary N) is 1. The number of ether oxygens (including phenoxy) is 1. The minimum atomic E-state index is -3.75. The van der Waals surface area contributed by atoms with Gasteiger partial charge in [0.2, 0.25) is 10.0 Å². The van der Waals surface area contributed by atoms with Crippen LogP contribution in [0.2, 0.25) is 0 Å². The molecule has 0 spiro atoms. The lowest BCUT2D eigenvalue weighted by molar-refractivity contribution is 0.133. The van der Waals surface area contributed by atoms with E-state index in [0.717, 1.165) is 27.5 Å². The number of fused-ring (bicyclic) bond motifs is 1. The Labute approximate surface area is 182 Å². The molecule has 0 amide bonds. The first-order valence-corrected chi connectivity index (χ1v) is 12.2. The monoisotopic (exact) mass is 448 g/mol. The van der Waals surface area contributed by atoms with Gasteiger partial charge < -0.3 is 9.64 Å². The van der Waals surface area contributed by atoms with Gasteiger partial charge in [-0.3, -0.25) is 4.98 Å². The molecule has 3 aromatic rings. The van der Waals surface area contributed by atoms with Crippen LogP contribution in [0.3, 0.4) is 0 Å². The van der Waals surface area contributed by atoms with Crippen LogP contribution in [-0.4, -0.2) is 44.7 Å². The third kappa shape index (κ3) is 5.15. The first kappa shape index (κ1) is 22.6. The standard InChI is InChI=1S/C21H28N4O3S2/c1-6-28-12-15(3)24-30(26,27)20-9-7-8-18-19(10-14(2)22-21(18)20)25(5)11-17-13-29-16(4)23-17/h7-10,13,15,24H,6,11-12H2,1-5H3/t15-/m0/s1. The summed E-state index contributed by atoms with van der Waals surface area (Å²) in [5.41, 5.74) is 3.12. The van der Waals surface area contributed by atoms with Crippen molar-refractivity contribution in [2.24, 2.45) is 0 Å². The Morgan fingerprint density at radius 3 is 2.70 bits per heavy atom. The Hall–Kier alpha value is -2.07. The summed E-state index contributed by atoms with van der Waals surface area (Å²) in [6.07, 6.45) is 0. The van der Waals surface area contributed by atoms with E-state index in [2.05, 4.69) is 19.6 Å². The number of benzene rings is 1. The lowest BCUT2D eigenvalue weighted by Crippen LogP contribution is -2.36. The number of anilines is 1. The van der Waals surface area contributed by atoms with Gasteiger partial charge in [0.05, 0.1) is 29.4 Å². The fourth-order valence-corrected chi connectivity index (χ4v) is 5.32. The number of aromatic nitrogens is 2. The molecule has 1 N–H and O–H groups in total. The molecule has 162 valence electrons. The maximum Gasteiger partial charge on any atom is 0.243 e. The molecule has 1 atom stereocenters. The van der Waals surface area contributed by atoms with Crippen molar-refractivity contribution in [2.75, 3.05) is 25.2 Å². The molecular formula is C21H28N4O3S2. The van der Waals surface area contributed by atoms with Gasteiger partial charge in [0.15, 0.2) is 0 Å². The zero-order valence-corrected chi connectivity index (χ0v) is 19.6. The number of sulfonamides is 1. The van der Waals surface area contributed by atoms with E-state index in [-0.39, 0.29) is 10.9 Å². The Balaban J connectivity index is 2.00. The summed E-state index contributed by atoms with van der Waals surface area (Å²) in [4.78, 5) is 11.4. The summed E-state index contributed by atoms with van der Waals surface area (Å²) in [6, 6.07) is 6.89. The minimum Gasteiger partial charge on any atom is -0.380 e. The SMILES string of the molecule is CCOC[C@H](C)NS(=O)(=O)c1cccc2c(N(C)Cc3csc(C)n3)cc(C)nc12. The van der Waals surface area contributed by atoms with Crippen molar-refractivity contribution >= 4 is 38.0 Å². The number of hydrogen-bond donors (Lipinski definition) is 1. The molecule has 0 aliphatic carbocycles.